The molecule has 0 heterocycles. The maximum absolute atomic E-state index is 12.7. The van der Waals surface area contributed by atoms with Crippen LogP contribution in [0.1, 0.15) is 111 Å². The number of para-hydroxylation sites is 1. The minimum Gasteiger partial charge on any atom is -0.507 e. The summed E-state index contributed by atoms with van der Waals surface area (Å²) in [5.41, 5.74) is 4.25. The van der Waals surface area contributed by atoms with Crippen molar-refractivity contribution in [2.45, 2.75) is 89.9 Å². The third-order valence-electron chi connectivity index (χ3n) is 9.57. The third kappa shape index (κ3) is 9.87. The highest BCUT2D eigenvalue weighted by molar-refractivity contribution is 6.12. The molecule has 5 nitrogen and oxygen atoms in total. The molecule has 1 aliphatic rings. The van der Waals surface area contributed by atoms with Crippen molar-refractivity contribution in [1.82, 2.24) is 0 Å². The van der Waals surface area contributed by atoms with Crippen molar-refractivity contribution in [2.24, 2.45) is 5.92 Å². The van der Waals surface area contributed by atoms with Crippen molar-refractivity contribution >= 4 is 5.78 Å². The average molecular weight is 635 g/mol. The molecule has 0 aromatic heterocycles. The molecule has 47 heavy (non-hydrogen) atoms. The molecule has 5 heteroatoms. The van der Waals surface area contributed by atoms with Crippen LogP contribution in [-0.2, 0) is 0 Å². The van der Waals surface area contributed by atoms with Crippen LogP contribution in [0.4, 0.5) is 0 Å². The van der Waals surface area contributed by atoms with Crippen molar-refractivity contribution in [3.8, 4) is 34.1 Å². The molecule has 0 radical (unpaired) electrons. The van der Waals surface area contributed by atoms with Crippen LogP contribution < -0.4 is 9.47 Å². The first-order valence-electron chi connectivity index (χ1n) is 17.6. The maximum Gasteiger partial charge on any atom is 0.200 e. The number of phenols is 2. The van der Waals surface area contributed by atoms with Gasteiger partial charge in [0.25, 0.3) is 0 Å². The van der Waals surface area contributed by atoms with E-state index in [0.717, 1.165) is 43.3 Å². The van der Waals surface area contributed by atoms with Gasteiger partial charge in [0, 0.05) is 6.07 Å². The topological polar surface area (TPSA) is 76.0 Å². The van der Waals surface area contributed by atoms with Crippen LogP contribution in [0, 0.1) is 5.92 Å². The van der Waals surface area contributed by atoms with E-state index < -0.39 is 5.78 Å². The van der Waals surface area contributed by atoms with E-state index in [1.807, 2.05) is 0 Å². The van der Waals surface area contributed by atoms with Gasteiger partial charge >= 0.3 is 0 Å². The number of benzene rings is 4. The fourth-order valence-corrected chi connectivity index (χ4v) is 6.70. The number of rotatable bonds is 17. The summed E-state index contributed by atoms with van der Waals surface area (Å²) in [5.74, 6) is 2.36. The van der Waals surface area contributed by atoms with E-state index in [4.69, 9.17) is 9.47 Å². The molecule has 1 fully saturated rings. The van der Waals surface area contributed by atoms with Crippen molar-refractivity contribution in [2.75, 3.05) is 13.2 Å². The van der Waals surface area contributed by atoms with Gasteiger partial charge in [-0.25, -0.2) is 0 Å². The predicted molar refractivity (Wildman–Crippen MR) is 190 cm³/mol. The minimum atomic E-state index is -0.435. The lowest BCUT2D eigenvalue weighted by Gasteiger charge is -2.29. The summed E-state index contributed by atoms with van der Waals surface area (Å²) in [7, 11) is 0. The largest absolute Gasteiger partial charge is 0.507 e. The predicted octanol–water partition coefficient (Wildman–Crippen LogP) is 10.9. The Hall–Kier alpha value is -4.25. The Morgan fingerprint density at radius 1 is 0.638 bits per heavy atom. The van der Waals surface area contributed by atoms with Crippen LogP contribution in [0.5, 0.6) is 23.0 Å². The molecule has 0 aliphatic heterocycles. The molecule has 0 amide bonds. The third-order valence-corrected chi connectivity index (χ3v) is 9.57. The Kier molecular flexibility index (Phi) is 12.8. The van der Waals surface area contributed by atoms with Gasteiger partial charge in [0.15, 0.2) is 5.78 Å². The number of hydrogen-bond donors (Lipinski definition) is 2. The Morgan fingerprint density at radius 2 is 1.23 bits per heavy atom. The number of carbonyl (C=O) groups excluding carboxylic acids is 1. The van der Waals surface area contributed by atoms with Gasteiger partial charge in [-0.1, -0.05) is 81.1 Å². The Balaban J connectivity index is 0.955. The molecule has 0 unspecified atom stereocenters. The van der Waals surface area contributed by atoms with Crippen molar-refractivity contribution in [3.05, 3.63) is 108 Å². The maximum atomic E-state index is 12.7. The smallest absolute Gasteiger partial charge is 0.200 e. The summed E-state index contributed by atoms with van der Waals surface area (Å²) in [6, 6.07) is 28.6. The number of hydrogen-bond acceptors (Lipinski definition) is 5. The van der Waals surface area contributed by atoms with Gasteiger partial charge < -0.3 is 19.7 Å². The minimum absolute atomic E-state index is 0.114. The van der Waals surface area contributed by atoms with Crippen molar-refractivity contribution < 1.29 is 24.5 Å². The number of carbonyl (C=O) groups is 1. The van der Waals surface area contributed by atoms with E-state index in [1.165, 1.54) is 92.3 Å². The zero-order valence-corrected chi connectivity index (χ0v) is 27.8. The quantitative estimate of drug-likeness (QED) is 0.0893. The van der Waals surface area contributed by atoms with E-state index in [2.05, 4.69) is 55.5 Å². The van der Waals surface area contributed by atoms with Gasteiger partial charge in [-0.3, -0.25) is 4.79 Å². The lowest BCUT2D eigenvalue weighted by atomic mass is 9.77. The van der Waals surface area contributed by atoms with Crippen LogP contribution in [-0.4, -0.2) is 29.2 Å². The van der Waals surface area contributed by atoms with E-state index in [-0.39, 0.29) is 22.6 Å². The summed E-state index contributed by atoms with van der Waals surface area (Å²) in [6.45, 7) is 3.49. The number of aromatic hydroxyl groups is 2. The van der Waals surface area contributed by atoms with E-state index in [9.17, 15) is 15.0 Å². The second kappa shape index (κ2) is 17.6. The standard InChI is InChI=1S/C42H50O5/c1-2-3-6-11-31-14-16-32(17-15-31)33-18-20-34(21-19-33)35-22-24-36(25-23-35)46-28-9-4-5-10-29-47-37-26-27-39(41(44)30-37)42(45)38-12-7-8-13-40(38)43/h7-8,12-13,18-27,30-32,43-44H,2-6,9-11,14-17,28-29H2,1H3/t31-,32-. The van der Waals surface area contributed by atoms with Gasteiger partial charge in [0.1, 0.15) is 23.0 Å². The number of phenolic OH excluding ortho intramolecular Hbond substituents is 2. The zero-order valence-electron chi connectivity index (χ0n) is 27.8. The van der Waals surface area contributed by atoms with E-state index in [0.29, 0.717) is 19.0 Å². The fourth-order valence-electron chi connectivity index (χ4n) is 6.70. The fraction of sp³-hybridized carbons (Fsp3) is 0.405. The van der Waals surface area contributed by atoms with Crippen LogP contribution >= 0.6 is 0 Å². The molecule has 0 bridgehead atoms. The molecule has 4 aromatic carbocycles. The van der Waals surface area contributed by atoms with Crippen LogP contribution in [0.25, 0.3) is 11.1 Å². The van der Waals surface area contributed by atoms with Crippen LogP contribution in [0.2, 0.25) is 0 Å². The first-order chi connectivity index (χ1) is 23.0. The Labute approximate surface area is 280 Å². The molecule has 5 rings (SSSR count). The summed E-state index contributed by atoms with van der Waals surface area (Å²) in [4.78, 5) is 12.7. The molecule has 248 valence electrons. The van der Waals surface area contributed by atoms with E-state index >= 15 is 0 Å². The second-order valence-electron chi connectivity index (χ2n) is 13.0. The highest BCUT2D eigenvalue weighted by Crippen LogP contribution is 2.38. The SMILES string of the molecule is CCCCC[C@H]1CC[C@H](c2ccc(-c3ccc(OCCCCCCOc4ccc(C(=O)c5ccccc5O)c(O)c4)cc3)cc2)CC1. The molecule has 2 N–H and O–H groups in total. The van der Waals surface area contributed by atoms with Crippen LogP contribution in [0.3, 0.4) is 0 Å². The first-order valence-corrected chi connectivity index (χ1v) is 17.6. The molecular formula is C42H50O5. The van der Waals surface area contributed by atoms with Gasteiger partial charge in [-0.05, 0) is 116 Å². The lowest BCUT2D eigenvalue weighted by Crippen LogP contribution is -2.13. The summed E-state index contributed by atoms with van der Waals surface area (Å²) < 4.78 is 11.8. The zero-order chi connectivity index (χ0) is 32.8. The normalized spacial score (nSPS) is 16.1. The van der Waals surface area contributed by atoms with Gasteiger partial charge in [0.05, 0.1) is 24.3 Å². The number of ketones is 1. The van der Waals surface area contributed by atoms with Crippen molar-refractivity contribution in [3.63, 3.8) is 0 Å². The summed E-state index contributed by atoms with van der Waals surface area (Å²) >= 11 is 0. The Morgan fingerprint density at radius 3 is 1.87 bits per heavy atom. The molecule has 1 aliphatic carbocycles. The monoisotopic (exact) mass is 634 g/mol. The van der Waals surface area contributed by atoms with Crippen LogP contribution in [0.15, 0.2) is 91.0 Å². The first kappa shape index (κ1) is 34.1. The van der Waals surface area contributed by atoms with Gasteiger partial charge in [0.2, 0.25) is 0 Å². The van der Waals surface area contributed by atoms with Crippen molar-refractivity contribution in [1.29, 1.82) is 0 Å². The molecule has 0 saturated heterocycles. The summed E-state index contributed by atoms with van der Waals surface area (Å²) in [5, 5.41) is 20.3. The number of ether oxygens (including phenoxy) is 2. The number of unbranched alkanes of at least 4 members (excludes halogenated alkanes) is 5. The summed E-state index contributed by atoms with van der Waals surface area (Å²) in [6.07, 6.45) is 14.9. The van der Waals surface area contributed by atoms with Gasteiger partial charge in [-0.15, -0.1) is 0 Å². The molecule has 1 saturated carbocycles. The van der Waals surface area contributed by atoms with E-state index in [1.54, 1.807) is 18.2 Å². The average Bonchev–Trinajstić information content (AvgIpc) is 3.10. The molecule has 4 aromatic rings. The lowest BCUT2D eigenvalue weighted by molar-refractivity contribution is 0.103. The highest BCUT2D eigenvalue weighted by Gasteiger charge is 2.22. The molecule has 0 atom stereocenters. The molecule has 0 spiro atoms. The molecular weight excluding hydrogens is 584 g/mol. The highest BCUT2D eigenvalue weighted by atomic mass is 16.5. The van der Waals surface area contributed by atoms with Gasteiger partial charge in [-0.2, -0.15) is 0 Å². The second-order valence-corrected chi connectivity index (χ2v) is 13.0. The Bertz CT molecular complexity index is 1530.